The summed E-state index contributed by atoms with van der Waals surface area (Å²) in [6.45, 7) is 3.73. The topological polar surface area (TPSA) is 78.9 Å². The van der Waals surface area contributed by atoms with Crippen molar-refractivity contribution < 1.29 is 19.4 Å². The maximum absolute atomic E-state index is 12.1. The van der Waals surface area contributed by atoms with E-state index >= 15 is 0 Å². The summed E-state index contributed by atoms with van der Waals surface area (Å²) in [6, 6.07) is 7.11. The first-order valence-electron chi connectivity index (χ1n) is 6.86. The van der Waals surface area contributed by atoms with Crippen LogP contribution in [-0.4, -0.2) is 48.1 Å². The highest BCUT2D eigenvalue weighted by Crippen LogP contribution is 2.22. The molecule has 0 aliphatic rings. The van der Waals surface area contributed by atoms with Crippen molar-refractivity contribution in [1.82, 2.24) is 4.90 Å². The monoisotopic (exact) mass is 294 g/mol. The number of nitrogens with zero attached hydrogens (tertiary/aromatic N) is 1. The molecule has 0 spiro atoms. The second kappa shape index (κ2) is 8.26. The standard InChI is InChI=1S/C15H22N2O4/c1-4-11(2)17(10-15(19)20)9-14(18)16-12-7-5-6-8-13(12)21-3/h5-8,11H,4,9-10H2,1-3H3,(H,16,18)(H,19,20). The third kappa shape index (κ3) is 5.43. The summed E-state index contributed by atoms with van der Waals surface area (Å²) in [6.07, 6.45) is 0.773. The maximum Gasteiger partial charge on any atom is 0.317 e. The fraction of sp³-hybridized carbons (Fsp3) is 0.467. The first kappa shape index (κ1) is 17.0. The molecule has 0 saturated carbocycles. The molecule has 1 amide bonds. The van der Waals surface area contributed by atoms with Crippen LogP contribution < -0.4 is 10.1 Å². The lowest BCUT2D eigenvalue weighted by Crippen LogP contribution is -2.42. The molecule has 116 valence electrons. The molecule has 21 heavy (non-hydrogen) atoms. The van der Waals surface area contributed by atoms with Crippen molar-refractivity contribution in [3.05, 3.63) is 24.3 Å². The molecule has 1 aromatic carbocycles. The van der Waals surface area contributed by atoms with Gasteiger partial charge in [-0.2, -0.15) is 0 Å². The van der Waals surface area contributed by atoms with Crippen molar-refractivity contribution in [2.24, 2.45) is 0 Å². The number of carbonyl (C=O) groups is 2. The summed E-state index contributed by atoms with van der Waals surface area (Å²) < 4.78 is 5.16. The Morgan fingerprint density at radius 3 is 2.57 bits per heavy atom. The molecule has 0 aliphatic carbocycles. The molecule has 0 aliphatic heterocycles. The molecule has 1 rings (SSSR count). The van der Waals surface area contributed by atoms with Crippen LogP contribution in [0, 0.1) is 0 Å². The molecule has 0 radical (unpaired) electrons. The van der Waals surface area contributed by atoms with Gasteiger partial charge < -0.3 is 15.2 Å². The van der Waals surface area contributed by atoms with Crippen molar-refractivity contribution in [2.75, 3.05) is 25.5 Å². The zero-order chi connectivity index (χ0) is 15.8. The Morgan fingerprint density at radius 2 is 2.00 bits per heavy atom. The largest absolute Gasteiger partial charge is 0.495 e. The molecule has 2 N–H and O–H groups in total. The second-order valence-corrected chi connectivity index (χ2v) is 4.80. The number of para-hydroxylation sites is 2. The summed E-state index contributed by atoms with van der Waals surface area (Å²) in [5.41, 5.74) is 0.574. The van der Waals surface area contributed by atoms with Crippen molar-refractivity contribution in [1.29, 1.82) is 0 Å². The van der Waals surface area contributed by atoms with Gasteiger partial charge in [0.2, 0.25) is 5.91 Å². The quantitative estimate of drug-likeness (QED) is 0.764. The van der Waals surface area contributed by atoms with Crippen molar-refractivity contribution in [2.45, 2.75) is 26.3 Å². The summed E-state index contributed by atoms with van der Waals surface area (Å²) in [5.74, 6) is -0.638. The van der Waals surface area contributed by atoms with Crippen LogP contribution >= 0.6 is 0 Å². The van der Waals surface area contributed by atoms with E-state index in [0.29, 0.717) is 11.4 Å². The number of rotatable bonds is 8. The molecule has 0 fully saturated rings. The Bertz CT molecular complexity index is 490. The van der Waals surface area contributed by atoms with Gasteiger partial charge in [-0.15, -0.1) is 0 Å². The maximum atomic E-state index is 12.1. The van der Waals surface area contributed by atoms with Gasteiger partial charge in [-0.3, -0.25) is 14.5 Å². The molecule has 6 heteroatoms. The van der Waals surface area contributed by atoms with Gasteiger partial charge in [0.05, 0.1) is 25.9 Å². The summed E-state index contributed by atoms with van der Waals surface area (Å²) >= 11 is 0. The lowest BCUT2D eigenvalue weighted by molar-refractivity contribution is -0.139. The Labute approximate surface area is 124 Å². The number of carbonyl (C=O) groups excluding carboxylic acids is 1. The minimum absolute atomic E-state index is 0.0181. The number of carboxylic acid groups (broad SMARTS) is 1. The minimum Gasteiger partial charge on any atom is -0.495 e. The molecule has 0 bridgehead atoms. The van der Waals surface area contributed by atoms with E-state index in [1.54, 1.807) is 23.1 Å². The zero-order valence-corrected chi connectivity index (χ0v) is 12.6. The number of amides is 1. The molecule has 0 aromatic heterocycles. The van der Waals surface area contributed by atoms with Gasteiger partial charge in [0.25, 0.3) is 0 Å². The SMILES string of the molecule is CCC(C)N(CC(=O)O)CC(=O)Nc1ccccc1OC. The number of nitrogens with one attached hydrogen (secondary N) is 1. The third-order valence-corrected chi connectivity index (χ3v) is 3.28. The molecule has 6 nitrogen and oxygen atoms in total. The normalized spacial score (nSPS) is 12.0. The van der Waals surface area contributed by atoms with E-state index in [0.717, 1.165) is 6.42 Å². The van der Waals surface area contributed by atoms with Gasteiger partial charge in [0.15, 0.2) is 0 Å². The van der Waals surface area contributed by atoms with Gasteiger partial charge >= 0.3 is 5.97 Å². The first-order chi connectivity index (χ1) is 9.97. The lowest BCUT2D eigenvalue weighted by Gasteiger charge is -2.26. The Balaban J connectivity index is 2.71. The number of benzene rings is 1. The van der Waals surface area contributed by atoms with Crippen LogP contribution in [0.2, 0.25) is 0 Å². The predicted molar refractivity (Wildman–Crippen MR) is 80.6 cm³/mol. The zero-order valence-electron chi connectivity index (χ0n) is 12.6. The summed E-state index contributed by atoms with van der Waals surface area (Å²) in [7, 11) is 1.53. The van der Waals surface area contributed by atoms with Gasteiger partial charge in [0, 0.05) is 6.04 Å². The van der Waals surface area contributed by atoms with E-state index in [-0.39, 0.29) is 25.0 Å². The van der Waals surface area contributed by atoms with Crippen LogP contribution in [0.4, 0.5) is 5.69 Å². The van der Waals surface area contributed by atoms with Crippen LogP contribution in [0.5, 0.6) is 5.75 Å². The molecule has 0 saturated heterocycles. The minimum atomic E-state index is -0.944. The number of hydrogen-bond donors (Lipinski definition) is 2. The molecule has 1 atom stereocenters. The lowest BCUT2D eigenvalue weighted by atomic mass is 10.2. The predicted octanol–water partition coefficient (Wildman–Crippen LogP) is 1.82. The van der Waals surface area contributed by atoms with Gasteiger partial charge in [-0.1, -0.05) is 19.1 Å². The van der Waals surface area contributed by atoms with Crippen LogP contribution in [0.25, 0.3) is 0 Å². The molecule has 0 heterocycles. The highest BCUT2D eigenvalue weighted by Gasteiger charge is 2.19. The summed E-state index contributed by atoms with van der Waals surface area (Å²) in [5, 5.41) is 11.7. The van der Waals surface area contributed by atoms with Gasteiger partial charge in [-0.05, 0) is 25.5 Å². The number of hydrogen-bond acceptors (Lipinski definition) is 4. The highest BCUT2D eigenvalue weighted by molar-refractivity contribution is 5.93. The molecular weight excluding hydrogens is 272 g/mol. The number of ether oxygens (including phenoxy) is 1. The van der Waals surface area contributed by atoms with Crippen LogP contribution in [0.1, 0.15) is 20.3 Å². The van der Waals surface area contributed by atoms with Gasteiger partial charge in [-0.25, -0.2) is 0 Å². The average molecular weight is 294 g/mol. The summed E-state index contributed by atoms with van der Waals surface area (Å²) in [4.78, 5) is 24.6. The second-order valence-electron chi connectivity index (χ2n) is 4.80. The fourth-order valence-corrected chi connectivity index (χ4v) is 1.92. The molecular formula is C15H22N2O4. The van der Waals surface area contributed by atoms with Crippen LogP contribution in [0.3, 0.4) is 0 Å². The smallest absolute Gasteiger partial charge is 0.317 e. The Kier molecular flexibility index (Phi) is 6.68. The van der Waals surface area contributed by atoms with E-state index in [4.69, 9.17) is 9.84 Å². The van der Waals surface area contributed by atoms with Crippen molar-refractivity contribution >= 4 is 17.6 Å². The first-order valence-corrected chi connectivity index (χ1v) is 6.86. The van der Waals surface area contributed by atoms with Gasteiger partial charge in [0.1, 0.15) is 5.75 Å². The van der Waals surface area contributed by atoms with E-state index < -0.39 is 5.97 Å². The van der Waals surface area contributed by atoms with Crippen molar-refractivity contribution in [3.63, 3.8) is 0 Å². The van der Waals surface area contributed by atoms with E-state index in [9.17, 15) is 9.59 Å². The Hall–Kier alpha value is -2.08. The number of anilines is 1. The molecule has 1 unspecified atom stereocenters. The van der Waals surface area contributed by atoms with Crippen molar-refractivity contribution in [3.8, 4) is 5.75 Å². The fourth-order valence-electron chi connectivity index (χ4n) is 1.92. The third-order valence-electron chi connectivity index (χ3n) is 3.28. The molecule has 1 aromatic rings. The van der Waals surface area contributed by atoms with E-state index in [1.807, 2.05) is 19.9 Å². The highest BCUT2D eigenvalue weighted by atomic mass is 16.5. The average Bonchev–Trinajstić information content (AvgIpc) is 2.45. The van der Waals surface area contributed by atoms with Crippen LogP contribution in [-0.2, 0) is 9.59 Å². The van der Waals surface area contributed by atoms with E-state index in [1.165, 1.54) is 7.11 Å². The number of aliphatic carboxylic acids is 1. The number of methoxy groups -OCH3 is 1. The number of carboxylic acids is 1. The Morgan fingerprint density at radius 1 is 1.33 bits per heavy atom. The van der Waals surface area contributed by atoms with Crippen LogP contribution in [0.15, 0.2) is 24.3 Å². The van der Waals surface area contributed by atoms with E-state index in [2.05, 4.69) is 5.32 Å².